The van der Waals surface area contributed by atoms with Crippen LogP contribution >= 0.6 is 23.4 Å². The Balaban J connectivity index is 2.60. The summed E-state index contributed by atoms with van der Waals surface area (Å²) < 4.78 is 15.3. The second-order valence-corrected chi connectivity index (χ2v) is 5.15. The van der Waals surface area contributed by atoms with Crippen molar-refractivity contribution >= 4 is 34.4 Å². The van der Waals surface area contributed by atoms with Gasteiger partial charge >= 0.3 is 0 Å². The lowest BCUT2D eigenvalue weighted by atomic mass is 10.3. The maximum Gasteiger partial charge on any atom is 0.125 e. The van der Waals surface area contributed by atoms with Crippen LogP contribution in [0.4, 0.5) is 4.39 Å². The number of fused-ring (bicyclic) bond motifs is 1. The molecule has 2 nitrogen and oxygen atoms in total. The molecule has 5 heteroatoms. The first-order valence-electron chi connectivity index (χ1n) is 5.38. The minimum absolute atomic E-state index is 0.240. The van der Waals surface area contributed by atoms with Crippen LogP contribution in [0.25, 0.3) is 11.0 Å². The Morgan fingerprint density at radius 2 is 2.29 bits per heavy atom. The van der Waals surface area contributed by atoms with Crippen molar-refractivity contribution in [2.45, 2.75) is 18.8 Å². The second kappa shape index (κ2) is 5.27. The predicted octanol–water partition coefficient (Wildman–Crippen LogP) is 3.84. The maximum absolute atomic E-state index is 13.3. The number of thioether (sulfide) groups is 1. The van der Waals surface area contributed by atoms with Crippen molar-refractivity contribution in [2.75, 3.05) is 12.0 Å². The van der Waals surface area contributed by atoms with Crippen molar-refractivity contribution in [3.05, 3.63) is 29.8 Å². The second-order valence-electron chi connectivity index (χ2n) is 3.97. The van der Waals surface area contributed by atoms with E-state index in [9.17, 15) is 4.39 Å². The van der Waals surface area contributed by atoms with Crippen LogP contribution in [0.15, 0.2) is 18.2 Å². The van der Waals surface area contributed by atoms with E-state index in [2.05, 4.69) is 18.2 Å². The summed E-state index contributed by atoms with van der Waals surface area (Å²) in [4.78, 5) is 4.43. The van der Waals surface area contributed by atoms with Gasteiger partial charge < -0.3 is 4.57 Å². The van der Waals surface area contributed by atoms with E-state index in [1.165, 1.54) is 12.1 Å². The van der Waals surface area contributed by atoms with Gasteiger partial charge in [-0.15, -0.1) is 11.6 Å². The Bertz CT molecular complexity index is 526. The van der Waals surface area contributed by atoms with Gasteiger partial charge in [0.1, 0.15) is 11.6 Å². The van der Waals surface area contributed by atoms with Gasteiger partial charge in [0.05, 0.1) is 16.9 Å². The summed E-state index contributed by atoms with van der Waals surface area (Å²) in [5.41, 5.74) is 1.62. The molecule has 1 aromatic carbocycles. The number of alkyl halides is 1. The highest BCUT2D eigenvalue weighted by atomic mass is 35.5. The van der Waals surface area contributed by atoms with Crippen molar-refractivity contribution in [3.8, 4) is 0 Å². The third kappa shape index (κ3) is 2.43. The maximum atomic E-state index is 13.3. The summed E-state index contributed by atoms with van der Waals surface area (Å²) in [6, 6.07) is 4.90. The van der Waals surface area contributed by atoms with Gasteiger partial charge in [-0.05, 0) is 31.4 Å². The molecule has 2 rings (SSSR count). The number of imidazole rings is 1. The predicted molar refractivity (Wildman–Crippen MR) is 72.3 cm³/mol. The van der Waals surface area contributed by atoms with Gasteiger partial charge in [-0.25, -0.2) is 9.37 Å². The average Bonchev–Trinajstić information content (AvgIpc) is 2.66. The highest BCUT2D eigenvalue weighted by Gasteiger charge is 2.15. The van der Waals surface area contributed by atoms with Gasteiger partial charge in [-0.1, -0.05) is 0 Å². The Hall–Kier alpha value is -0.740. The lowest BCUT2D eigenvalue weighted by Gasteiger charge is -2.15. The molecule has 17 heavy (non-hydrogen) atoms. The highest BCUT2D eigenvalue weighted by Crippen LogP contribution is 2.24. The molecule has 0 radical (unpaired) electrons. The van der Waals surface area contributed by atoms with Crippen LogP contribution in [0, 0.1) is 5.82 Å². The molecule has 1 atom stereocenters. The van der Waals surface area contributed by atoms with E-state index >= 15 is 0 Å². The lowest BCUT2D eigenvalue weighted by molar-refractivity contribution is 0.600. The molecule has 1 unspecified atom stereocenters. The third-order valence-corrected chi connectivity index (χ3v) is 3.75. The van der Waals surface area contributed by atoms with Crippen LogP contribution in [-0.4, -0.2) is 21.6 Å². The van der Waals surface area contributed by atoms with Crippen LogP contribution in [0.2, 0.25) is 0 Å². The first kappa shape index (κ1) is 12.7. The molecule has 2 aromatic rings. The average molecular weight is 273 g/mol. The largest absolute Gasteiger partial charge is 0.323 e. The van der Waals surface area contributed by atoms with E-state index < -0.39 is 0 Å². The number of aromatic nitrogens is 2. The molecule has 0 aliphatic carbocycles. The van der Waals surface area contributed by atoms with Crippen LogP contribution in [0.3, 0.4) is 0 Å². The minimum Gasteiger partial charge on any atom is -0.323 e. The molecule has 0 saturated carbocycles. The van der Waals surface area contributed by atoms with Gasteiger partial charge in [0.15, 0.2) is 0 Å². The molecule has 0 fully saturated rings. The number of nitrogens with zero attached hydrogens (tertiary/aromatic N) is 2. The van der Waals surface area contributed by atoms with E-state index in [-0.39, 0.29) is 11.9 Å². The SMILES string of the molecule is CSCC(C)n1c(CCl)nc2ccc(F)cc21. The first-order chi connectivity index (χ1) is 8.17. The number of hydrogen-bond acceptors (Lipinski definition) is 2. The summed E-state index contributed by atoms with van der Waals surface area (Å²) in [5, 5.41) is 0. The summed E-state index contributed by atoms with van der Waals surface area (Å²) in [6.45, 7) is 2.10. The third-order valence-electron chi connectivity index (χ3n) is 2.69. The van der Waals surface area contributed by atoms with Crippen LogP contribution in [0.1, 0.15) is 18.8 Å². The summed E-state index contributed by atoms with van der Waals surface area (Å²) in [7, 11) is 0. The minimum atomic E-state index is -0.240. The molecular weight excluding hydrogens is 259 g/mol. The molecule has 0 amide bonds. The topological polar surface area (TPSA) is 17.8 Å². The Morgan fingerprint density at radius 1 is 1.53 bits per heavy atom. The Labute approximate surface area is 109 Å². The Kier molecular flexibility index (Phi) is 3.94. The van der Waals surface area contributed by atoms with Crippen molar-refractivity contribution in [2.24, 2.45) is 0 Å². The molecule has 92 valence electrons. The molecule has 0 spiro atoms. The van der Waals surface area contributed by atoms with Gasteiger partial charge in [-0.2, -0.15) is 11.8 Å². The Morgan fingerprint density at radius 3 is 2.94 bits per heavy atom. The van der Waals surface area contributed by atoms with Crippen molar-refractivity contribution in [3.63, 3.8) is 0 Å². The monoisotopic (exact) mass is 272 g/mol. The highest BCUT2D eigenvalue weighted by molar-refractivity contribution is 7.98. The zero-order chi connectivity index (χ0) is 12.4. The number of hydrogen-bond donors (Lipinski definition) is 0. The summed E-state index contributed by atoms with van der Waals surface area (Å²) in [6.07, 6.45) is 2.05. The van der Waals surface area contributed by atoms with Gasteiger partial charge in [-0.3, -0.25) is 0 Å². The van der Waals surface area contributed by atoms with Crippen molar-refractivity contribution in [1.29, 1.82) is 0 Å². The van der Waals surface area contributed by atoms with Gasteiger partial charge in [0, 0.05) is 11.8 Å². The van der Waals surface area contributed by atoms with Crippen molar-refractivity contribution < 1.29 is 4.39 Å². The van der Waals surface area contributed by atoms with Crippen LogP contribution in [0.5, 0.6) is 0 Å². The number of halogens is 2. The fourth-order valence-corrected chi connectivity index (χ4v) is 2.84. The molecule has 0 saturated heterocycles. The summed E-state index contributed by atoms with van der Waals surface area (Å²) in [5.74, 6) is 1.85. The molecular formula is C12H14ClFN2S. The zero-order valence-corrected chi connectivity index (χ0v) is 11.4. The first-order valence-corrected chi connectivity index (χ1v) is 7.31. The molecule has 0 aliphatic rings. The molecule has 1 aromatic heterocycles. The number of benzene rings is 1. The standard InChI is InChI=1S/C12H14ClFN2S/c1-8(7-17-2)16-11-5-9(14)3-4-10(11)15-12(16)6-13/h3-5,8H,6-7H2,1-2H3. The van der Waals surface area contributed by atoms with Crippen molar-refractivity contribution in [1.82, 2.24) is 9.55 Å². The van der Waals surface area contributed by atoms with E-state index in [0.717, 1.165) is 22.6 Å². The quantitative estimate of drug-likeness (QED) is 0.787. The number of rotatable bonds is 4. The van der Waals surface area contributed by atoms with Crippen LogP contribution < -0.4 is 0 Å². The molecule has 0 bridgehead atoms. The van der Waals surface area contributed by atoms with E-state index in [1.54, 1.807) is 17.8 Å². The normalized spacial score (nSPS) is 13.2. The van der Waals surface area contributed by atoms with E-state index in [4.69, 9.17) is 11.6 Å². The fraction of sp³-hybridized carbons (Fsp3) is 0.417. The summed E-state index contributed by atoms with van der Waals surface area (Å²) >= 11 is 7.66. The van der Waals surface area contributed by atoms with E-state index in [1.807, 2.05) is 4.57 Å². The molecule has 1 heterocycles. The zero-order valence-electron chi connectivity index (χ0n) is 9.78. The molecule has 0 aliphatic heterocycles. The lowest BCUT2D eigenvalue weighted by Crippen LogP contribution is -2.10. The smallest absolute Gasteiger partial charge is 0.125 e. The molecule has 0 N–H and O–H groups in total. The van der Waals surface area contributed by atoms with E-state index in [0.29, 0.717) is 5.88 Å². The van der Waals surface area contributed by atoms with Gasteiger partial charge in [0.2, 0.25) is 0 Å². The van der Waals surface area contributed by atoms with Gasteiger partial charge in [0.25, 0.3) is 0 Å². The van der Waals surface area contributed by atoms with Crippen LogP contribution in [-0.2, 0) is 5.88 Å². The fourth-order valence-electron chi connectivity index (χ4n) is 2.02.